The van der Waals surface area contributed by atoms with Gasteiger partial charge in [-0.15, -0.1) is 0 Å². The summed E-state index contributed by atoms with van der Waals surface area (Å²) in [7, 11) is 0. The Labute approximate surface area is 371 Å². The smallest absolute Gasteiger partial charge is 0.328 e. The fourth-order valence-corrected chi connectivity index (χ4v) is 9.05. The van der Waals surface area contributed by atoms with Crippen LogP contribution in [0, 0.1) is 18.7 Å². The topological polar surface area (TPSA) is 169 Å². The van der Waals surface area contributed by atoms with Gasteiger partial charge in [0.15, 0.2) is 5.82 Å². The van der Waals surface area contributed by atoms with Gasteiger partial charge in [-0.25, -0.2) is 19.2 Å². The number of hydrogen-bond acceptors (Lipinski definition) is 11. The summed E-state index contributed by atoms with van der Waals surface area (Å²) >= 11 is 0. The van der Waals surface area contributed by atoms with Crippen LogP contribution in [-0.4, -0.2) is 100 Å². The summed E-state index contributed by atoms with van der Waals surface area (Å²) in [4.78, 5) is 62.5. The van der Waals surface area contributed by atoms with Gasteiger partial charge in [-0.2, -0.15) is 4.98 Å². The number of nitrogens with one attached hydrogen (secondary N) is 3. The molecule has 3 fully saturated rings. The molecule has 3 aliphatic rings. The first-order valence-corrected chi connectivity index (χ1v) is 22.1. The zero-order valence-corrected chi connectivity index (χ0v) is 36.9. The molecule has 0 unspecified atom stereocenters. The number of aromatic amines is 1. The average Bonchev–Trinajstić information content (AvgIpc) is 3.98. The monoisotopic (exact) mass is 867 g/mol. The van der Waals surface area contributed by atoms with Gasteiger partial charge < -0.3 is 24.6 Å². The number of fused-ring (bicyclic) bond motifs is 1. The van der Waals surface area contributed by atoms with Gasteiger partial charge in [-0.3, -0.25) is 24.7 Å². The zero-order chi connectivity index (χ0) is 44.7. The first-order valence-electron chi connectivity index (χ1n) is 22.1. The molecule has 0 bridgehead atoms. The summed E-state index contributed by atoms with van der Waals surface area (Å²) in [6.07, 6.45) is 4.05. The molecule has 3 saturated heterocycles. The quantitative estimate of drug-likeness (QED) is 0.126. The highest BCUT2D eigenvalue weighted by Gasteiger charge is 2.28. The number of nitrogens with zero attached hydrogens (tertiary/aromatic N) is 8. The first kappa shape index (κ1) is 42.6. The highest BCUT2D eigenvalue weighted by Crippen LogP contribution is 2.35. The van der Waals surface area contributed by atoms with Gasteiger partial charge in [-0.05, 0) is 97.8 Å². The number of carbonyl (C=O) groups excluding carboxylic acids is 3. The summed E-state index contributed by atoms with van der Waals surface area (Å²) < 4.78 is 21.4. The third kappa shape index (κ3) is 8.78. The Bertz CT molecular complexity index is 2670. The van der Waals surface area contributed by atoms with Crippen LogP contribution in [0.15, 0.2) is 77.6 Å². The number of carbonyl (C=O) groups is 3. The Hall–Kier alpha value is -6.68. The van der Waals surface area contributed by atoms with E-state index in [4.69, 9.17) is 4.52 Å². The Morgan fingerprint density at radius 3 is 2.23 bits per heavy atom. The molecule has 16 heteroatoms. The number of aromatic nitrogens is 5. The number of rotatable bonds is 10. The van der Waals surface area contributed by atoms with E-state index in [-0.39, 0.29) is 23.2 Å². The number of urea groups is 1. The van der Waals surface area contributed by atoms with Gasteiger partial charge in [0, 0.05) is 97.9 Å². The number of H-pyrrole nitrogens is 1. The van der Waals surface area contributed by atoms with Crippen LogP contribution in [0.5, 0.6) is 0 Å². The molecule has 3 aliphatic heterocycles. The fourth-order valence-electron chi connectivity index (χ4n) is 9.05. The van der Waals surface area contributed by atoms with Gasteiger partial charge in [0.2, 0.25) is 5.91 Å². The first-order chi connectivity index (χ1) is 30.8. The molecule has 1 atom stereocenters. The van der Waals surface area contributed by atoms with E-state index in [1.807, 2.05) is 45.0 Å². The van der Waals surface area contributed by atoms with Crippen LogP contribution in [0.3, 0.4) is 0 Å². The van der Waals surface area contributed by atoms with Crippen molar-refractivity contribution >= 4 is 45.9 Å². The van der Waals surface area contributed by atoms with Crippen LogP contribution < -0.4 is 25.3 Å². The predicted octanol–water partition coefficient (Wildman–Crippen LogP) is 7.40. The maximum Gasteiger partial charge on any atom is 0.328 e. The van der Waals surface area contributed by atoms with Crippen molar-refractivity contribution in [2.45, 2.75) is 65.3 Å². The van der Waals surface area contributed by atoms with Crippen LogP contribution >= 0.6 is 0 Å². The number of hydrogen-bond donors (Lipinski definition) is 3. The standard InChI is InChI=1S/C48H54FN11O4/c1-29-36(30(2)52-44(62)45-55-46(56-64-45)48(3,4)5)14-15-37(41(29)49)42-38-26-39(53-43(38)51-28-50-42)32-6-8-33(9-7-32)59-24-22-57(23-25-59)27-31-16-19-58(20-17-31)34-10-12-35(13-11-34)60-21-18-40(61)54-47(60)63/h6-15,26,28,30-31H,16-25,27H2,1-5H3,(H,52,62)(H,50,51,53)(H,54,61,63)/t30-/m1/s1. The van der Waals surface area contributed by atoms with E-state index in [0.29, 0.717) is 58.1 Å². The van der Waals surface area contributed by atoms with E-state index in [0.717, 1.165) is 75.6 Å². The molecule has 3 N–H and O–H groups in total. The summed E-state index contributed by atoms with van der Waals surface area (Å²) in [5.74, 6) is -0.221. The van der Waals surface area contributed by atoms with E-state index in [2.05, 4.69) is 86.8 Å². The Balaban J connectivity index is 0.781. The van der Waals surface area contributed by atoms with Crippen molar-refractivity contribution in [1.29, 1.82) is 0 Å². The molecule has 0 aliphatic carbocycles. The van der Waals surface area contributed by atoms with Crippen molar-refractivity contribution in [2.75, 3.05) is 67.1 Å². The minimum absolute atomic E-state index is 0.138. The molecule has 0 radical (unpaired) electrons. The van der Waals surface area contributed by atoms with Crippen molar-refractivity contribution in [3.63, 3.8) is 0 Å². The minimum Gasteiger partial charge on any atom is -0.372 e. The molecule has 6 heterocycles. The van der Waals surface area contributed by atoms with E-state index in [1.165, 1.54) is 17.7 Å². The molecule has 332 valence electrons. The van der Waals surface area contributed by atoms with Crippen LogP contribution in [0.2, 0.25) is 0 Å². The van der Waals surface area contributed by atoms with Gasteiger partial charge in [-0.1, -0.05) is 44.1 Å². The number of halogens is 1. The van der Waals surface area contributed by atoms with Crippen LogP contribution in [0.25, 0.3) is 33.5 Å². The molecule has 9 rings (SSSR count). The molecule has 15 nitrogen and oxygen atoms in total. The second kappa shape index (κ2) is 17.5. The molecule has 4 amide bonds. The molecule has 3 aromatic heterocycles. The lowest BCUT2D eigenvalue weighted by atomic mass is 9.95. The van der Waals surface area contributed by atoms with Crippen molar-refractivity contribution in [2.24, 2.45) is 5.92 Å². The normalized spacial score (nSPS) is 17.2. The number of benzene rings is 3. The molecular formula is C48H54FN11O4. The maximum absolute atomic E-state index is 16.2. The van der Waals surface area contributed by atoms with Gasteiger partial charge in [0.25, 0.3) is 0 Å². The molecule has 0 saturated carbocycles. The third-order valence-corrected chi connectivity index (χ3v) is 12.8. The molecule has 64 heavy (non-hydrogen) atoms. The predicted molar refractivity (Wildman–Crippen MR) is 244 cm³/mol. The number of piperazine rings is 1. The molecule has 6 aromatic rings. The highest BCUT2D eigenvalue weighted by molar-refractivity contribution is 6.05. The number of imide groups is 1. The lowest BCUT2D eigenvalue weighted by Crippen LogP contribution is -2.49. The zero-order valence-electron chi connectivity index (χ0n) is 36.9. The number of piperidine rings is 1. The minimum atomic E-state index is -0.529. The van der Waals surface area contributed by atoms with Crippen molar-refractivity contribution < 1.29 is 23.3 Å². The van der Waals surface area contributed by atoms with Gasteiger partial charge >= 0.3 is 17.8 Å². The largest absolute Gasteiger partial charge is 0.372 e. The lowest BCUT2D eigenvalue weighted by molar-refractivity contribution is -0.120. The van der Waals surface area contributed by atoms with Gasteiger partial charge in [0.1, 0.15) is 17.8 Å². The third-order valence-electron chi connectivity index (χ3n) is 12.8. The molecule has 3 aromatic carbocycles. The number of anilines is 3. The maximum atomic E-state index is 16.2. The fraction of sp³-hybridized carbons (Fsp3) is 0.396. The van der Waals surface area contributed by atoms with Crippen LogP contribution in [0.1, 0.15) is 80.6 Å². The molecule has 0 spiro atoms. The Morgan fingerprint density at radius 2 is 1.56 bits per heavy atom. The Kier molecular flexibility index (Phi) is 11.6. The van der Waals surface area contributed by atoms with E-state index < -0.39 is 17.8 Å². The van der Waals surface area contributed by atoms with E-state index in [9.17, 15) is 14.4 Å². The van der Waals surface area contributed by atoms with E-state index in [1.54, 1.807) is 24.8 Å². The molecular weight excluding hydrogens is 814 g/mol. The summed E-state index contributed by atoms with van der Waals surface area (Å²) in [6.45, 7) is 16.8. The number of amides is 4. The highest BCUT2D eigenvalue weighted by atomic mass is 19.1. The SMILES string of the molecule is Cc1c([C@@H](C)NC(=O)c2nc(C(C)(C)C)no2)ccc(-c2ncnc3[nH]c(-c4ccc(N5CCN(CC6CCN(c7ccc(N8CCC(=O)NC8=O)cc7)CC6)CC5)cc4)cc23)c1F. The van der Waals surface area contributed by atoms with Crippen molar-refractivity contribution in [3.8, 4) is 22.5 Å². The van der Waals surface area contributed by atoms with Crippen LogP contribution in [-0.2, 0) is 10.2 Å². The van der Waals surface area contributed by atoms with Crippen molar-refractivity contribution in [3.05, 3.63) is 102 Å². The van der Waals surface area contributed by atoms with E-state index >= 15 is 4.39 Å². The van der Waals surface area contributed by atoms with Crippen molar-refractivity contribution in [1.82, 2.24) is 40.6 Å². The summed E-state index contributed by atoms with van der Waals surface area (Å²) in [6, 6.07) is 21.3. The lowest BCUT2D eigenvalue weighted by Gasteiger charge is -2.40. The average molecular weight is 868 g/mol. The summed E-state index contributed by atoms with van der Waals surface area (Å²) in [5, 5.41) is 9.90. The van der Waals surface area contributed by atoms with Gasteiger partial charge in [0.05, 0.1) is 11.7 Å². The summed E-state index contributed by atoms with van der Waals surface area (Å²) in [5.41, 5.74) is 7.10. The second-order valence-electron chi connectivity index (χ2n) is 18.2. The second-order valence-corrected chi connectivity index (χ2v) is 18.2. The Morgan fingerprint density at radius 1 is 0.891 bits per heavy atom. The van der Waals surface area contributed by atoms with Crippen LogP contribution in [0.4, 0.5) is 26.2 Å².